The van der Waals surface area contributed by atoms with Crippen LogP contribution in [0.5, 0.6) is 0 Å². The van der Waals surface area contributed by atoms with Crippen molar-refractivity contribution in [3.63, 3.8) is 0 Å². The number of nitrogens with zero attached hydrogens (tertiary/aromatic N) is 1. The van der Waals surface area contributed by atoms with Crippen LogP contribution in [0.1, 0.15) is 16.7 Å². The van der Waals surface area contributed by atoms with Crippen LogP contribution in [0, 0.1) is 0 Å². The minimum atomic E-state index is 0.0148. The Hall–Kier alpha value is -1.36. The Morgan fingerprint density at radius 1 is 1.44 bits per heavy atom. The third-order valence-corrected chi connectivity index (χ3v) is 3.96. The van der Waals surface area contributed by atoms with Gasteiger partial charge in [0, 0.05) is 16.5 Å². The highest BCUT2D eigenvalue weighted by Gasteiger charge is 2.18. The van der Waals surface area contributed by atoms with Gasteiger partial charge in [0.05, 0.1) is 10.5 Å². The van der Waals surface area contributed by atoms with E-state index in [1.54, 1.807) is 11.3 Å². The van der Waals surface area contributed by atoms with E-state index in [0.717, 1.165) is 21.6 Å². The van der Waals surface area contributed by atoms with Gasteiger partial charge < -0.3 is 9.73 Å². The maximum atomic E-state index is 6.12. The lowest BCUT2D eigenvalue weighted by Gasteiger charge is -2.10. The predicted octanol–water partition coefficient (Wildman–Crippen LogP) is 3.85. The lowest BCUT2D eigenvalue weighted by molar-refractivity contribution is 0.495. The average molecular weight is 279 g/mol. The van der Waals surface area contributed by atoms with Crippen LogP contribution in [0.3, 0.4) is 0 Å². The molecule has 5 heteroatoms. The standard InChI is InChI=1S/C13H11ClN2OS/c1-15-12(11-6-16-7-18-11)10-5-8-3-2-4-9(14)13(8)17-10/h2-7,12,15H,1H3. The van der Waals surface area contributed by atoms with Gasteiger partial charge in [0.25, 0.3) is 0 Å². The van der Waals surface area contributed by atoms with Crippen molar-refractivity contribution in [3.8, 4) is 0 Å². The first-order valence-corrected chi connectivity index (χ1v) is 6.79. The zero-order chi connectivity index (χ0) is 12.5. The van der Waals surface area contributed by atoms with Crippen LogP contribution in [0.25, 0.3) is 11.0 Å². The van der Waals surface area contributed by atoms with E-state index in [1.165, 1.54) is 0 Å². The Labute approximate surface area is 113 Å². The zero-order valence-electron chi connectivity index (χ0n) is 9.68. The van der Waals surface area contributed by atoms with E-state index in [0.29, 0.717) is 5.02 Å². The number of hydrogen-bond donors (Lipinski definition) is 1. The first-order chi connectivity index (χ1) is 8.79. The van der Waals surface area contributed by atoms with Gasteiger partial charge in [0.1, 0.15) is 11.8 Å². The molecular formula is C13H11ClN2OS. The Bertz CT molecular complexity index is 663. The summed E-state index contributed by atoms with van der Waals surface area (Å²) in [5, 5.41) is 4.89. The molecule has 0 bridgehead atoms. The Morgan fingerprint density at radius 3 is 3.00 bits per heavy atom. The number of furan rings is 1. The molecule has 0 saturated heterocycles. The van der Waals surface area contributed by atoms with Crippen LogP contribution in [-0.4, -0.2) is 12.0 Å². The second-order valence-electron chi connectivity index (χ2n) is 3.93. The van der Waals surface area contributed by atoms with E-state index in [1.807, 2.05) is 43.0 Å². The van der Waals surface area contributed by atoms with Gasteiger partial charge in [-0.25, -0.2) is 0 Å². The molecule has 0 aliphatic carbocycles. The van der Waals surface area contributed by atoms with Crippen LogP contribution in [0.4, 0.5) is 0 Å². The molecule has 2 aromatic heterocycles. The van der Waals surface area contributed by atoms with Crippen molar-refractivity contribution < 1.29 is 4.42 Å². The summed E-state index contributed by atoms with van der Waals surface area (Å²) in [6.45, 7) is 0. The smallest absolute Gasteiger partial charge is 0.152 e. The molecule has 92 valence electrons. The number of nitrogens with one attached hydrogen (secondary N) is 1. The van der Waals surface area contributed by atoms with Gasteiger partial charge in [-0.2, -0.15) is 0 Å². The van der Waals surface area contributed by atoms with Gasteiger partial charge in [-0.05, 0) is 19.2 Å². The molecule has 1 unspecified atom stereocenters. The molecule has 0 fully saturated rings. The van der Waals surface area contributed by atoms with Crippen LogP contribution >= 0.6 is 22.9 Å². The molecular weight excluding hydrogens is 268 g/mol. The van der Waals surface area contributed by atoms with Gasteiger partial charge in [0.2, 0.25) is 0 Å². The summed E-state index contributed by atoms with van der Waals surface area (Å²) in [4.78, 5) is 5.22. The van der Waals surface area contributed by atoms with Gasteiger partial charge in [-0.15, -0.1) is 11.3 Å². The van der Waals surface area contributed by atoms with Crippen molar-refractivity contribution in [1.29, 1.82) is 0 Å². The fourth-order valence-electron chi connectivity index (χ4n) is 1.98. The second-order valence-corrected chi connectivity index (χ2v) is 5.26. The maximum Gasteiger partial charge on any atom is 0.152 e. The fraction of sp³-hybridized carbons (Fsp3) is 0.154. The summed E-state index contributed by atoms with van der Waals surface area (Å²) in [6, 6.07) is 7.78. The Balaban J connectivity index is 2.11. The van der Waals surface area contributed by atoms with Crippen molar-refractivity contribution in [2.75, 3.05) is 7.05 Å². The van der Waals surface area contributed by atoms with Crippen molar-refractivity contribution >= 4 is 33.9 Å². The number of rotatable bonds is 3. The van der Waals surface area contributed by atoms with Gasteiger partial charge in [-0.3, -0.25) is 4.98 Å². The monoisotopic (exact) mass is 278 g/mol. The minimum Gasteiger partial charge on any atom is -0.457 e. The van der Waals surface area contributed by atoms with E-state index in [2.05, 4.69) is 10.3 Å². The molecule has 18 heavy (non-hydrogen) atoms. The lowest BCUT2D eigenvalue weighted by atomic mass is 10.2. The summed E-state index contributed by atoms with van der Waals surface area (Å²) >= 11 is 7.72. The van der Waals surface area contributed by atoms with Crippen molar-refractivity contribution in [2.45, 2.75) is 6.04 Å². The molecule has 1 N–H and O–H groups in total. The molecule has 1 aromatic carbocycles. The third kappa shape index (κ3) is 1.92. The number of thiazole rings is 1. The normalized spacial score (nSPS) is 13.0. The largest absolute Gasteiger partial charge is 0.457 e. The SMILES string of the molecule is CNC(c1cc2cccc(Cl)c2o1)c1cncs1. The zero-order valence-corrected chi connectivity index (χ0v) is 11.3. The molecule has 3 rings (SSSR count). The highest BCUT2D eigenvalue weighted by molar-refractivity contribution is 7.09. The number of hydrogen-bond acceptors (Lipinski definition) is 4. The van der Waals surface area contributed by atoms with Gasteiger partial charge >= 0.3 is 0 Å². The van der Waals surface area contributed by atoms with E-state index >= 15 is 0 Å². The van der Waals surface area contributed by atoms with E-state index < -0.39 is 0 Å². The van der Waals surface area contributed by atoms with Crippen LogP contribution in [0.2, 0.25) is 5.02 Å². The molecule has 3 nitrogen and oxygen atoms in total. The van der Waals surface area contributed by atoms with E-state index in [-0.39, 0.29) is 6.04 Å². The molecule has 1 atom stereocenters. The summed E-state index contributed by atoms with van der Waals surface area (Å²) in [6.07, 6.45) is 1.85. The average Bonchev–Trinajstić information content (AvgIpc) is 3.00. The molecule has 0 spiro atoms. The number of halogens is 1. The predicted molar refractivity (Wildman–Crippen MR) is 74.2 cm³/mol. The molecule has 0 saturated carbocycles. The molecule has 0 aliphatic rings. The second kappa shape index (κ2) is 4.72. The summed E-state index contributed by atoms with van der Waals surface area (Å²) in [7, 11) is 1.90. The number of para-hydroxylation sites is 1. The molecule has 0 aliphatic heterocycles. The topological polar surface area (TPSA) is 38.1 Å². The highest BCUT2D eigenvalue weighted by atomic mass is 35.5. The summed E-state index contributed by atoms with van der Waals surface area (Å²) < 4.78 is 5.86. The molecule has 2 heterocycles. The van der Waals surface area contributed by atoms with E-state index in [9.17, 15) is 0 Å². The number of fused-ring (bicyclic) bond motifs is 1. The minimum absolute atomic E-state index is 0.0148. The van der Waals surface area contributed by atoms with Crippen LogP contribution in [-0.2, 0) is 0 Å². The Morgan fingerprint density at radius 2 is 2.33 bits per heavy atom. The Kier molecular flexibility index (Phi) is 3.07. The van der Waals surface area contributed by atoms with Crippen molar-refractivity contribution in [3.05, 3.63) is 51.6 Å². The number of benzene rings is 1. The van der Waals surface area contributed by atoms with E-state index in [4.69, 9.17) is 16.0 Å². The first kappa shape index (κ1) is 11.7. The lowest BCUT2D eigenvalue weighted by Crippen LogP contribution is -2.15. The molecule has 0 amide bonds. The maximum absolute atomic E-state index is 6.12. The quantitative estimate of drug-likeness (QED) is 0.791. The molecule has 0 radical (unpaired) electrons. The van der Waals surface area contributed by atoms with Crippen molar-refractivity contribution in [1.82, 2.24) is 10.3 Å². The van der Waals surface area contributed by atoms with Crippen LogP contribution < -0.4 is 5.32 Å². The highest BCUT2D eigenvalue weighted by Crippen LogP contribution is 2.32. The van der Waals surface area contributed by atoms with Crippen molar-refractivity contribution in [2.24, 2.45) is 0 Å². The summed E-state index contributed by atoms with van der Waals surface area (Å²) in [5.74, 6) is 0.852. The first-order valence-electron chi connectivity index (χ1n) is 5.53. The van der Waals surface area contributed by atoms with Gasteiger partial charge in [0.15, 0.2) is 5.58 Å². The summed E-state index contributed by atoms with van der Waals surface area (Å²) in [5.41, 5.74) is 2.55. The molecule has 3 aromatic rings. The fourth-order valence-corrected chi connectivity index (χ4v) is 2.94. The van der Waals surface area contributed by atoms with Gasteiger partial charge in [-0.1, -0.05) is 23.7 Å². The van der Waals surface area contributed by atoms with Crippen LogP contribution in [0.15, 0.2) is 40.4 Å². The third-order valence-electron chi connectivity index (χ3n) is 2.82. The number of aromatic nitrogens is 1.